The standard InChI is InChI=1S/C48H55F2N6O8P.C27H37F2N6O8P.C13H19ClNO3P.C6H5Cl2O2P.Cl3OP/c1-8-37(9-2)62-43(57)32(4)55-65(58,64-39-24-18-13-19-25-39)61-30-47(50)33(5)46(6,49)44(63-47)56-31-51-40-41(56)52-45(53-42(40)60-10-3)54-48(34-20-14-11-15-21-34,35-22-16-12-17-23-35)36-26-28-38(59-7)29-27-36;1-6-17(7-2)41-22(36)16(4)34-44(38,43-18-12-10-9-11-13-18)40-14-27(29)23(37)26(5,28)24(42-27)35-15-31-19-20(35)32-25(30)33-21(19)39-8-3;1-10(2)9-17-13(16)11(3)15-19(14)18-12-7-5-4-6-8-12;7-11(8,9)10-6-4-2-1-3-5-6;1-5(2,3)4/h11-29,31-33,37,44H,8-10,30H2,1-7H3,(H,55,58)(H,52,53,54);9-13,15-17,23-24,37H,6-8,14H2,1-5H3,(H,34,38)(H2,30,32,33);4-8,10-11,15H,9H2,1-3H3;1-5H;/t32-,33-,44+,46+,47+,65?;16-,23-,24+,26+,27+,44?;11-,19?;;/m000../s1. The largest absolute Gasteiger partial charge is 0.497 e. The Bertz CT molecular complexity index is 6080. The Morgan fingerprint density at radius 3 is 1.31 bits per heavy atom. The molecule has 144 heavy (non-hydrogen) atoms. The van der Waals surface area contributed by atoms with Crippen molar-refractivity contribution in [1.29, 1.82) is 0 Å². The predicted molar refractivity (Wildman–Crippen MR) is 546 cm³/mol. The highest BCUT2D eigenvalue weighted by Crippen LogP contribution is 2.62. The van der Waals surface area contributed by atoms with E-state index >= 15 is 17.6 Å². The van der Waals surface area contributed by atoms with Crippen molar-refractivity contribution in [1.82, 2.24) is 54.3 Å². The van der Waals surface area contributed by atoms with Crippen molar-refractivity contribution in [3.63, 3.8) is 0 Å². The van der Waals surface area contributed by atoms with Crippen LogP contribution in [0.25, 0.3) is 22.3 Å². The summed E-state index contributed by atoms with van der Waals surface area (Å²) >= 11 is 30.2. The lowest BCUT2D eigenvalue weighted by molar-refractivity contribution is -0.202. The molecule has 0 aliphatic carbocycles. The Hall–Kier alpha value is -9.26. The molecule has 0 saturated carbocycles. The van der Waals surface area contributed by atoms with Gasteiger partial charge in [-0.15, -0.1) is 0 Å². The highest BCUT2D eigenvalue weighted by Gasteiger charge is 2.66. The molecule has 784 valence electrons. The number of esters is 3. The quantitative estimate of drug-likeness (QED) is 0.00679. The maximum Gasteiger partial charge on any atom is 0.459 e. The molecule has 50 heteroatoms. The van der Waals surface area contributed by atoms with E-state index in [2.05, 4.69) is 78.8 Å². The number of benzene rings is 7. The van der Waals surface area contributed by atoms with E-state index < -0.39 is 131 Å². The van der Waals surface area contributed by atoms with Gasteiger partial charge in [0.2, 0.25) is 29.5 Å². The van der Waals surface area contributed by atoms with Gasteiger partial charge in [0.15, 0.2) is 52.2 Å². The van der Waals surface area contributed by atoms with Gasteiger partial charge in [-0.2, -0.15) is 30.1 Å². The Morgan fingerprint density at radius 2 is 0.903 bits per heavy atom. The van der Waals surface area contributed by atoms with Crippen LogP contribution in [0.4, 0.5) is 29.5 Å². The zero-order valence-electron chi connectivity index (χ0n) is 81.1. The molecule has 0 bridgehead atoms. The van der Waals surface area contributed by atoms with Crippen molar-refractivity contribution < 1.29 is 120 Å². The normalized spacial score (nSPS) is 20.5. The molecule has 14 atom stereocenters. The summed E-state index contributed by atoms with van der Waals surface area (Å²) < 4.78 is 195. The van der Waals surface area contributed by atoms with Gasteiger partial charge in [0.1, 0.15) is 77.8 Å². The van der Waals surface area contributed by atoms with Crippen molar-refractivity contribution in [3.8, 4) is 40.5 Å². The van der Waals surface area contributed by atoms with Gasteiger partial charge in [-0.05, 0) is 202 Å². The Morgan fingerprint density at radius 1 is 0.521 bits per heavy atom. The minimum Gasteiger partial charge on any atom is -0.497 e. The summed E-state index contributed by atoms with van der Waals surface area (Å²) in [5, 5.41) is 19.1. The number of aliphatic hydroxyl groups is 1. The third-order valence-electron chi connectivity index (χ3n) is 21.8. The molecular weight excluding hydrogens is 2110 g/mol. The van der Waals surface area contributed by atoms with Gasteiger partial charge >= 0.3 is 44.7 Å². The van der Waals surface area contributed by atoms with Crippen LogP contribution in [-0.2, 0) is 70.9 Å². The predicted octanol–water partition coefficient (Wildman–Crippen LogP) is 24.3. The molecule has 11 aromatic rings. The molecule has 4 aromatic heterocycles. The highest BCUT2D eigenvalue weighted by molar-refractivity contribution is 8.24. The fourth-order valence-electron chi connectivity index (χ4n) is 14.2. The van der Waals surface area contributed by atoms with E-state index in [1.165, 1.54) is 62.9 Å². The molecule has 2 aliphatic rings. The zero-order valence-corrected chi connectivity index (χ0v) is 90.1. The number of methoxy groups -OCH3 is 1. The number of hydrogen-bond donors (Lipinski definition) is 6. The number of halogens is 10. The van der Waals surface area contributed by atoms with Gasteiger partial charge in [0.25, 0.3) is 13.5 Å². The third-order valence-corrected chi connectivity index (χ3v) is 27.4. The minimum atomic E-state index is -4.59. The Balaban J connectivity index is 0.000000248. The van der Waals surface area contributed by atoms with E-state index in [-0.39, 0.29) is 88.9 Å². The number of nitrogens with two attached hydrogens (primary N) is 1. The second-order valence-electron chi connectivity index (χ2n) is 33.1. The van der Waals surface area contributed by atoms with E-state index in [1.54, 1.807) is 107 Å². The first-order valence-electron chi connectivity index (χ1n) is 45.4. The van der Waals surface area contributed by atoms with Crippen LogP contribution in [-0.4, -0.2) is 162 Å². The highest BCUT2D eigenvalue weighted by atomic mass is 36.0. The number of rotatable bonds is 43. The van der Waals surface area contributed by atoms with Crippen LogP contribution in [0.15, 0.2) is 219 Å². The molecule has 3 unspecified atom stereocenters. The molecule has 2 aliphatic heterocycles. The number of nitrogen functional groups attached to an aromatic ring is 1. The molecule has 0 spiro atoms. The van der Waals surface area contributed by atoms with E-state index in [0.717, 1.165) is 34.5 Å². The average molecular weight is 2220 g/mol. The van der Waals surface area contributed by atoms with Crippen LogP contribution in [0.5, 0.6) is 40.5 Å². The summed E-state index contributed by atoms with van der Waals surface area (Å²) in [6, 6.07) is 57.8. The lowest BCUT2D eigenvalue weighted by Gasteiger charge is -2.37. The molecule has 7 aromatic carbocycles. The number of aromatic nitrogens is 8. The number of fused-ring (bicyclic) bond motifs is 2. The van der Waals surface area contributed by atoms with Gasteiger partial charge in [-0.25, -0.2) is 46.3 Å². The van der Waals surface area contributed by atoms with Crippen LogP contribution in [0.1, 0.15) is 152 Å². The van der Waals surface area contributed by atoms with Crippen molar-refractivity contribution in [2.75, 3.05) is 51.2 Å². The molecule has 35 nitrogen and oxygen atoms in total. The summed E-state index contributed by atoms with van der Waals surface area (Å²) in [4.78, 5) is 63.8. The van der Waals surface area contributed by atoms with Crippen molar-refractivity contribution in [2.45, 2.75) is 200 Å². The lowest BCUT2D eigenvalue weighted by atomic mass is 9.77. The van der Waals surface area contributed by atoms with Crippen LogP contribution >= 0.6 is 102 Å². The SMILES string of the molecule is CC(C)COC(=O)[C@H](C)NP(Cl)Oc1ccccc1.CCOc1nc(N)nc2c1ncn2[C@@H]1O[C@](F)(COP(=O)(N[C@@H](C)C(=O)OC(CC)CC)Oc2ccccc2)[C@@H](O)[C@@]1(C)F.CCOc1nc(NC(c2ccccc2)(c2ccccc2)c2ccc(OC)cc2)nc2c1ncn2[C@@H]1O[C@](F)(COP(=O)(N[C@@H](C)C(=O)OC(CC)CC)Oc2ccccc2)[C@@H](C)[C@@]1(C)F.O=P(Cl)(Cl)Cl.O=P(Cl)(Cl)Oc1ccccc1. The summed E-state index contributed by atoms with van der Waals surface area (Å²) in [6.07, 6.45) is -5.49. The van der Waals surface area contributed by atoms with E-state index in [1.807, 2.05) is 145 Å². The summed E-state index contributed by atoms with van der Waals surface area (Å²) in [6.45, 7) is 21.3. The Kier molecular flexibility index (Phi) is 44.0. The van der Waals surface area contributed by atoms with E-state index in [4.69, 9.17) is 110 Å². The van der Waals surface area contributed by atoms with Crippen LogP contribution < -0.4 is 58.6 Å². The number of para-hydroxylation sites is 4. The first-order chi connectivity index (χ1) is 68.0. The molecule has 0 radical (unpaired) electrons. The number of nitrogens with one attached hydrogen (secondary N) is 4. The summed E-state index contributed by atoms with van der Waals surface area (Å²) in [5.41, 5.74) is 2.25. The number of hydrogen-bond acceptors (Lipinski definition) is 31. The monoisotopic (exact) mass is 2220 g/mol. The number of aliphatic hydroxyl groups excluding tert-OH is 1. The fourth-order valence-corrected chi connectivity index (χ4v) is 19.5. The molecule has 13 rings (SSSR count). The number of ether oxygens (including phenoxy) is 8. The number of carbonyl (C=O) groups excluding carboxylic acids is 3. The van der Waals surface area contributed by atoms with Gasteiger partial charge in [0, 0.05) is 22.5 Å². The van der Waals surface area contributed by atoms with E-state index in [9.17, 15) is 37.8 Å². The molecule has 2 fully saturated rings. The minimum absolute atomic E-state index is 0.0182. The van der Waals surface area contributed by atoms with Gasteiger partial charge in [0.05, 0.1) is 45.5 Å². The molecule has 6 heterocycles. The van der Waals surface area contributed by atoms with Crippen molar-refractivity contribution in [3.05, 3.63) is 236 Å². The topological polar surface area (TPSA) is 430 Å². The maximum atomic E-state index is 17.4. The second-order valence-corrected chi connectivity index (χ2v) is 49.2. The fraction of sp³-hybridized carbons (Fsp3) is 0.415. The van der Waals surface area contributed by atoms with Gasteiger partial charge in [-0.1, -0.05) is 194 Å². The number of anilines is 2. The van der Waals surface area contributed by atoms with Crippen LogP contribution in [0.3, 0.4) is 0 Å². The molecule has 7 N–H and O–H groups in total. The van der Waals surface area contributed by atoms with E-state index in [0.29, 0.717) is 55.5 Å². The Labute approximate surface area is 862 Å². The second kappa shape index (κ2) is 53.6. The first kappa shape index (κ1) is 118. The smallest absolute Gasteiger partial charge is 0.459 e. The summed E-state index contributed by atoms with van der Waals surface area (Å²) in [5.74, 6) is -7.29. The number of nitrogens with zero attached hydrogens (tertiary/aromatic N) is 8. The van der Waals surface area contributed by atoms with Crippen molar-refractivity contribution in [2.24, 2.45) is 11.8 Å². The zero-order chi connectivity index (χ0) is 106. The number of imidazole rings is 2. The third kappa shape index (κ3) is 33.1. The first-order valence-corrected chi connectivity index (χ1v) is 58.5. The number of alkyl halides is 4. The van der Waals surface area contributed by atoms with Crippen molar-refractivity contribution >= 4 is 154 Å². The summed E-state index contributed by atoms with van der Waals surface area (Å²) in [7, 11) is -9.01. The van der Waals surface area contributed by atoms with Crippen LogP contribution in [0.2, 0.25) is 0 Å². The molecule has 2 saturated heterocycles. The van der Waals surface area contributed by atoms with Gasteiger partial charge < -0.3 is 72.1 Å². The average Bonchev–Trinajstić information content (AvgIpc) is 1.58. The number of carbonyl (C=O) groups is 3. The molecular formula is C94H116Cl6F4N13O22P5. The lowest BCUT2D eigenvalue weighted by Crippen LogP contribution is -2.47. The van der Waals surface area contributed by atoms with Crippen LogP contribution in [0, 0.1) is 11.8 Å². The van der Waals surface area contributed by atoms with Gasteiger partial charge in [-0.3, -0.25) is 37.1 Å². The molecule has 0 amide bonds. The maximum absolute atomic E-state index is 17.4.